The molecule has 42 heavy (non-hydrogen) atoms. The SMILES string of the molecule is O=C1C=C(F)C(=O)C(F)=C1Nc1ccc(-c2c(CCCCCCCCCC(F)(F)F)[nH]c3cc(C(=O)O)ccc23)cc1. The zero-order valence-corrected chi connectivity index (χ0v) is 22.5. The van der Waals surface area contributed by atoms with Crippen LogP contribution in [0.4, 0.5) is 27.6 Å². The molecule has 1 aliphatic rings. The number of aromatic amines is 1. The first-order valence-corrected chi connectivity index (χ1v) is 13.6. The Morgan fingerprint density at radius 2 is 1.52 bits per heavy atom. The number of H-pyrrole nitrogens is 1. The van der Waals surface area contributed by atoms with Gasteiger partial charge in [0.05, 0.1) is 5.56 Å². The third-order valence-electron chi connectivity index (χ3n) is 7.09. The molecule has 1 heterocycles. The van der Waals surface area contributed by atoms with Crippen LogP contribution in [0.25, 0.3) is 22.0 Å². The van der Waals surface area contributed by atoms with Crippen LogP contribution in [0.1, 0.15) is 67.4 Å². The van der Waals surface area contributed by atoms with E-state index in [-0.39, 0.29) is 12.0 Å². The lowest BCUT2D eigenvalue weighted by molar-refractivity contribution is -0.135. The van der Waals surface area contributed by atoms with Crippen LogP contribution in [-0.2, 0) is 16.0 Å². The summed E-state index contributed by atoms with van der Waals surface area (Å²) in [7, 11) is 0. The topological polar surface area (TPSA) is 99.3 Å². The van der Waals surface area contributed by atoms with Gasteiger partial charge >= 0.3 is 12.1 Å². The number of carbonyl (C=O) groups is 3. The number of halogens is 5. The molecule has 0 radical (unpaired) electrons. The lowest BCUT2D eigenvalue weighted by atomic mass is 9.98. The van der Waals surface area contributed by atoms with Gasteiger partial charge in [-0.1, -0.05) is 50.3 Å². The molecule has 0 spiro atoms. The number of carbonyl (C=O) groups excluding carboxylic acids is 2. The number of nitrogens with one attached hydrogen (secondary N) is 2. The third kappa shape index (κ3) is 7.51. The number of hydrogen-bond donors (Lipinski definition) is 3. The predicted octanol–water partition coefficient (Wildman–Crippen LogP) is 8.36. The first-order valence-electron chi connectivity index (χ1n) is 13.6. The van der Waals surface area contributed by atoms with Gasteiger partial charge in [-0.05, 0) is 49.1 Å². The van der Waals surface area contributed by atoms with Gasteiger partial charge in [0.1, 0.15) is 5.70 Å². The summed E-state index contributed by atoms with van der Waals surface area (Å²) in [5, 5.41) is 12.8. The van der Waals surface area contributed by atoms with Gasteiger partial charge in [0.2, 0.25) is 11.6 Å². The second-order valence-electron chi connectivity index (χ2n) is 10.2. The molecule has 3 aromatic rings. The second kappa shape index (κ2) is 13.1. The predicted molar refractivity (Wildman–Crippen MR) is 148 cm³/mol. The van der Waals surface area contributed by atoms with Gasteiger partial charge in [0.25, 0.3) is 5.78 Å². The molecule has 0 aliphatic heterocycles. The number of rotatable bonds is 13. The lowest BCUT2D eigenvalue weighted by Crippen LogP contribution is -2.20. The summed E-state index contributed by atoms with van der Waals surface area (Å²) in [5.41, 5.74) is 2.90. The van der Waals surface area contributed by atoms with Gasteiger partial charge in [0.15, 0.2) is 5.83 Å². The second-order valence-corrected chi connectivity index (χ2v) is 10.2. The van der Waals surface area contributed by atoms with Gasteiger partial charge in [-0.2, -0.15) is 13.2 Å². The van der Waals surface area contributed by atoms with E-state index >= 15 is 0 Å². The van der Waals surface area contributed by atoms with E-state index in [2.05, 4.69) is 10.3 Å². The first-order chi connectivity index (χ1) is 19.9. The zero-order chi connectivity index (χ0) is 30.4. The molecule has 2 aromatic carbocycles. The number of allylic oxidation sites excluding steroid dienone is 3. The zero-order valence-electron chi connectivity index (χ0n) is 22.5. The van der Waals surface area contributed by atoms with Crippen molar-refractivity contribution in [3.63, 3.8) is 0 Å². The molecule has 6 nitrogen and oxygen atoms in total. The van der Waals surface area contributed by atoms with Crippen LogP contribution >= 0.6 is 0 Å². The molecule has 222 valence electrons. The lowest BCUT2D eigenvalue weighted by Gasteiger charge is -2.13. The van der Waals surface area contributed by atoms with Gasteiger partial charge in [-0.25, -0.2) is 13.6 Å². The van der Waals surface area contributed by atoms with Crippen molar-refractivity contribution in [2.45, 2.75) is 64.0 Å². The number of aromatic carboxylic acids is 1. The number of hydrogen-bond acceptors (Lipinski definition) is 4. The van der Waals surface area contributed by atoms with Gasteiger partial charge in [0, 0.05) is 40.3 Å². The summed E-state index contributed by atoms with van der Waals surface area (Å²) in [6.45, 7) is 0. The number of ketones is 2. The van der Waals surface area contributed by atoms with Crippen molar-refractivity contribution in [3.8, 4) is 11.1 Å². The number of aryl methyl sites for hydroxylation is 1. The van der Waals surface area contributed by atoms with Crippen LogP contribution in [0.3, 0.4) is 0 Å². The minimum absolute atomic E-state index is 0.124. The molecular formula is C31H29F5N2O4. The van der Waals surface area contributed by atoms with Crippen molar-refractivity contribution in [1.82, 2.24) is 4.98 Å². The van der Waals surface area contributed by atoms with Crippen molar-refractivity contribution in [1.29, 1.82) is 0 Å². The highest BCUT2D eigenvalue weighted by molar-refractivity contribution is 6.21. The van der Waals surface area contributed by atoms with Crippen LogP contribution in [0.5, 0.6) is 0 Å². The number of fused-ring (bicyclic) bond motifs is 1. The largest absolute Gasteiger partial charge is 0.478 e. The van der Waals surface area contributed by atoms with Crippen molar-refractivity contribution in [2.24, 2.45) is 0 Å². The quantitative estimate of drug-likeness (QED) is 0.106. The summed E-state index contributed by atoms with van der Waals surface area (Å²) in [6, 6.07) is 11.4. The van der Waals surface area contributed by atoms with Crippen LogP contribution in [0.2, 0.25) is 0 Å². The molecule has 1 aromatic heterocycles. The Morgan fingerprint density at radius 3 is 2.17 bits per heavy atom. The van der Waals surface area contributed by atoms with E-state index in [1.54, 1.807) is 36.4 Å². The highest BCUT2D eigenvalue weighted by Gasteiger charge is 2.29. The van der Waals surface area contributed by atoms with E-state index in [1.165, 1.54) is 6.07 Å². The number of anilines is 1. The highest BCUT2D eigenvalue weighted by Crippen LogP contribution is 2.35. The summed E-state index contributed by atoms with van der Waals surface area (Å²) in [4.78, 5) is 38.4. The minimum Gasteiger partial charge on any atom is -0.478 e. The Labute approximate surface area is 238 Å². The summed E-state index contributed by atoms with van der Waals surface area (Å²) in [5.74, 6) is -6.52. The number of alkyl halides is 3. The number of carboxylic acid groups (broad SMARTS) is 1. The fourth-order valence-electron chi connectivity index (χ4n) is 4.98. The van der Waals surface area contributed by atoms with E-state index in [4.69, 9.17) is 0 Å². The number of aromatic nitrogens is 1. The van der Waals surface area contributed by atoms with E-state index in [0.29, 0.717) is 30.1 Å². The Hall–Kier alpha value is -4.28. The van der Waals surface area contributed by atoms with Crippen molar-refractivity contribution < 1.29 is 41.4 Å². The Kier molecular flexibility index (Phi) is 9.59. The van der Waals surface area contributed by atoms with Crippen molar-refractivity contribution in [2.75, 3.05) is 5.32 Å². The minimum atomic E-state index is -4.11. The maximum absolute atomic E-state index is 14.2. The van der Waals surface area contributed by atoms with Gasteiger partial charge < -0.3 is 15.4 Å². The number of benzene rings is 2. The molecule has 0 atom stereocenters. The van der Waals surface area contributed by atoms with Gasteiger partial charge in [-0.3, -0.25) is 9.59 Å². The molecule has 0 fully saturated rings. The Morgan fingerprint density at radius 1 is 0.881 bits per heavy atom. The fourth-order valence-corrected chi connectivity index (χ4v) is 4.98. The molecule has 0 bridgehead atoms. The Bertz CT molecular complexity index is 1550. The van der Waals surface area contributed by atoms with E-state index in [1.807, 2.05) is 0 Å². The van der Waals surface area contributed by atoms with Crippen LogP contribution < -0.4 is 5.32 Å². The molecule has 0 unspecified atom stereocenters. The summed E-state index contributed by atoms with van der Waals surface area (Å²) >= 11 is 0. The summed E-state index contributed by atoms with van der Waals surface area (Å²) < 4.78 is 64.4. The average Bonchev–Trinajstić information content (AvgIpc) is 3.30. The molecule has 3 N–H and O–H groups in total. The maximum Gasteiger partial charge on any atom is 0.389 e. The maximum atomic E-state index is 14.2. The number of carboxylic acids is 1. The Balaban J connectivity index is 1.47. The molecular weight excluding hydrogens is 559 g/mol. The van der Waals surface area contributed by atoms with E-state index in [9.17, 15) is 41.4 Å². The first kappa shape index (κ1) is 30.7. The fraction of sp³-hybridized carbons (Fsp3) is 0.323. The molecule has 0 amide bonds. The van der Waals surface area contributed by atoms with Crippen LogP contribution in [0, 0.1) is 0 Å². The van der Waals surface area contributed by atoms with Crippen molar-refractivity contribution in [3.05, 3.63) is 77.1 Å². The highest BCUT2D eigenvalue weighted by atomic mass is 19.4. The normalized spacial score (nSPS) is 14.1. The number of unbranched alkanes of at least 4 members (excludes halogenated alkanes) is 6. The number of Topliss-reactive ketones (excluding diaryl/α,β-unsaturated/α-hetero) is 1. The molecule has 0 saturated carbocycles. The third-order valence-corrected chi connectivity index (χ3v) is 7.09. The standard InChI is InChI=1S/C31H29F5N2O4/c32-22-17-25(39)28(27(33)29(22)40)37-20-12-9-18(10-13-20)26-21-14-11-19(30(41)42)16-24(21)38-23(26)8-6-4-2-1-3-5-7-15-31(34,35)36/h9-14,16-17,37-38H,1-8,15H2,(H,41,42). The summed E-state index contributed by atoms with van der Waals surface area (Å²) in [6.07, 6.45) is 1.07. The van der Waals surface area contributed by atoms with E-state index in [0.717, 1.165) is 54.3 Å². The molecule has 4 rings (SSSR count). The smallest absolute Gasteiger partial charge is 0.389 e. The average molecular weight is 589 g/mol. The van der Waals surface area contributed by atoms with Gasteiger partial charge in [-0.15, -0.1) is 0 Å². The van der Waals surface area contributed by atoms with E-state index < -0.39 is 47.5 Å². The van der Waals surface area contributed by atoms with Crippen LogP contribution in [-0.4, -0.2) is 33.8 Å². The van der Waals surface area contributed by atoms with Crippen LogP contribution in [0.15, 0.2) is 65.9 Å². The molecule has 11 heteroatoms. The monoisotopic (exact) mass is 588 g/mol. The van der Waals surface area contributed by atoms with Crippen molar-refractivity contribution >= 4 is 34.1 Å². The molecule has 0 saturated heterocycles. The molecule has 1 aliphatic carbocycles.